The minimum atomic E-state index is 1.24. The lowest BCUT2D eigenvalue weighted by Crippen LogP contribution is -1.96. The van der Waals surface area contributed by atoms with Crippen molar-refractivity contribution in [3.8, 4) is 44.5 Å². The zero-order valence-corrected chi connectivity index (χ0v) is 26.4. The molecule has 0 nitrogen and oxygen atoms in total. The molecule has 0 amide bonds. The largest absolute Gasteiger partial charge is 0.0888 e. The van der Waals surface area contributed by atoms with E-state index in [1.807, 2.05) is 11.8 Å². The molecule has 1 heteroatoms. The van der Waals surface area contributed by atoms with Crippen molar-refractivity contribution in [3.05, 3.63) is 170 Å². The first-order chi connectivity index (χ1) is 23.3. The van der Waals surface area contributed by atoms with Crippen LogP contribution < -0.4 is 0 Å². The van der Waals surface area contributed by atoms with Gasteiger partial charge in [-0.15, -0.1) is 0 Å². The first-order valence-corrected chi connectivity index (χ1v) is 17.0. The van der Waals surface area contributed by atoms with Crippen molar-refractivity contribution in [3.63, 3.8) is 0 Å². The van der Waals surface area contributed by atoms with Crippen molar-refractivity contribution in [2.45, 2.75) is 9.79 Å². The summed E-state index contributed by atoms with van der Waals surface area (Å²) < 4.78 is 0. The summed E-state index contributed by atoms with van der Waals surface area (Å²) in [6.07, 6.45) is 0. The fraction of sp³-hybridized carbons (Fsp3) is 0. The SMILES string of the molecule is c1ccc(-c2cccc3c2ccc2c(-c4ccc5c6c(cccc46)Sc4ccccc4-5)c4ccccc4c(-c4ccccc4)c23)cc1. The normalized spacial score (nSPS) is 12.2. The van der Waals surface area contributed by atoms with Crippen LogP contribution in [0.2, 0.25) is 0 Å². The Kier molecular flexibility index (Phi) is 5.91. The average molecular weight is 613 g/mol. The summed E-state index contributed by atoms with van der Waals surface area (Å²) in [5.74, 6) is 0. The Hall–Kier alpha value is -5.63. The molecule has 0 unspecified atom stereocenters. The number of hydrogen-bond acceptors (Lipinski definition) is 1. The van der Waals surface area contributed by atoms with Crippen LogP contribution in [0, 0.1) is 0 Å². The van der Waals surface area contributed by atoms with E-state index in [-0.39, 0.29) is 0 Å². The second kappa shape index (κ2) is 10.5. The molecule has 1 aliphatic heterocycles. The molecule has 0 fully saturated rings. The Morgan fingerprint density at radius 2 is 0.830 bits per heavy atom. The van der Waals surface area contributed by atoms with Crippen molar-refractivity contribution in [1.82, 2.24) is 0 Å². The zero-order valence-electron chi connectivity index (χ0n) is 25.6. The van der Waals surface area contributed by atoms with E-state index in [1.54, 1.807) is 0 Å². The monoisotopic (exact) mass is 612 g/mol. The molecule has 10 rings (SSSR count). The van der Waals surface area contributed by atoms with Gasteiger partial charge in [-0.3, -0.25) is 0 Å². The van der Waals surface area contributed by atoms with E-state index in [9.17, 15) is 0 Å². The van der Waals surface area contributed by atoms with Crippen LogP contribution in [0.1, 0.15) is 0 Å². The van der Waals surface area contributed by atoms with Crippen LogP contribution in [0.15, 0.2) is 180 Å². The van der Waals surface area contributed by atoms with Gasteiger partial charge in [-0.1, -0.05) is 169 Å². The van der Waals surface area contributed by atoms with Crippen LogP contribution in [0.3, 0.4) is 0 Å². The van der Waals surface area contributed by atoms with Gasteiger partial charge in [-0.25, -0.2) is 0 Å². The molecule has 0 N–H and O–H groups in total. The highest BCUT2D eigenvalue weighted by Gasteiger charge is 2.24. The Morgan fingerprint density at radius 3 is 1.66 bits per heavy atom. The van der Waals surface area contributed by atoms with E-state index < -0.39 is 0 Å². The summed E-state index contributed by atoms with van der Waals surface area (Å²) >= 11 is 1.89. The maximum Gasteiger partial charge on any atom is 0.0207 e. The summed E-state index contributed by atoms with van der Waals surface area (Å²) in [6.45, 7) is 0. The molecule has 1 heterocycles. The molecule has 0 spiro atoms. The smallest absolute Gasteiger partial charge is 0.0207 e. The number of hydrogen-bond donors (Lipinski definition) is 0. The van der Waals surface area contributed by atoms with Gasteiger partial charge in [0.1, 0.15) is 0 Å². The maximum atomic E-state index is 2.39. The van der Waals surface area contributed by atoms with E-state index in [4.69, 9.17) is 0 Å². The van der Waals surface area contributed by atoms with E-state index in [0.717, 1.165) is 0 Å². The first kappa shape index (κ1) is 26.6. The lowest BCUT2D eigenvalue weighted by molar-refractivity contribution is 1.40. The van der Waals surface area contributed by atoms with Gasteiger partial charge >= 0.3 is 0 Å². The van der Waals surface area contributed by atoms with Gasteiger partial charge in [0.2, 0.25) is 0 Å². The van der Waals surface area contributed by atoms with E-state index in [0.29, 0.717) is 0 Å². The van der Waals surface area contributed by atoms with Crippen molar-refractivity contribution < 1.29 is 0 Å². The fourth-order valence-corrected chi connectivity index (χ4v) is 9.04. The quantitative estimate of drug-likeness (QED) is 0.141. The molecule has 0 aliphatic carbocycles. The lowest BCUT2D eigenvalue weighted by Gasteiger charge is -2.24. The first-order valence-electron chi connectivity index (χ1n) is 16.2. The molecule has 0 atom stereocenters. The Bertz CT molecular complexity index is 2690. The standard InChI is InChI=1S/C46H28S/c1-3-13-29(14-4-1)31-20-11-21-34-32(31)25-28-40-44(36-19-8-7-18-35(36)43(46(34)40)30-15-5-2-6-16-30)39-27-26-38-33-17-9-10-23-41(33)47-42-24-12-22-37(39)45(38)42/h1-28H. The topological polar surface area (TPSA) is 0 Å². The fourth-order valence-electron chi connectivity index (χ4n) is 7.90. The van der Waals surface area contributed by atoms with Gasteiger partial charge in [0, 0.05) is 15.2 Å². The van der Waals surface area contributed by atoms with E-state index in [1.165, 1.54) is 97.4 Å². The summed E-state index contributed by atoms with van der Waals surface area (Å²) in [5, 5.41) is 10.4. The highest BCUT2D eigenvalue weighted by atomic mass is 32.2. The molecule has 0 radical (unpaired) electrons. The number of benzene rings is 9. The Labute approximate surface area is 278 Å². The van der Waals surface area contributed by atoms with Gasteiger partial charge in [-0.2, -0.15) is 0 Å². The lowest BCUT2D eigenvalue weighted by atomic mass is 9.81. The van der Waals surface area contributed by atoms with Crippen LogP contribution in [0.5, 0.6) is 0 Å². The average Bonchev–Trinajstić information content (AvgIpc) is 3.14. The third-order valence-electron chi connectivity index (χ3n) is 9.86. The summed E-state index contributed by atoms with van der Waals surface area (Å²) in [6, 6.07) is 62.7. The van der Waals surface area contributed by atoms with E-state index >= 15 is 0 Å². The predicted octanol–water partition coefficient (Wildman–Crippen LogP) is 13.4. The molecule has 218 valence electrons. The molecule has 0 saturated carbocycles. The molecule has 47 heavy (non-hydrogen) atoms. The minimum Gasteiger partial charge on any atom is -0.0888 e. The van der Waals surface area contributed by atoms with Gasteiger partial charge in [-0.05, 0) is 94.3 Å². The van der Waals surface area contributed by atoms with Crippen molar-refractivity contribution in [2.75, 3.05) is 0 Å². The van der Waals surface area contributed by atoms with Gasteiger partial charge < -0.3 is 0 Å². The van der Waals surface area contributed by atoms with Crippen LogP contribution >= 0.6 is 11.8 Å². The highest BCUT2D eigenvalue weighted by Crippen LogP contribution is 2.52. The summed E-state index contributed by atoms with van der Waals surface area (Å²) in [5.41, 5.74) is 10.3. The molecule has 0 saturated heterocycles. The Balaban J connectivity index is 1.39. The third kappa shape index (κ3) is 3.97. The van der Waals surface area contributed by atoms with Crippen LogP contribution in [0.4, 0.5) is 0 Å². The summed E-state index contributed by atoms with van der Waals surface area (Å²) in [4.78, 5) is 2.65. The summed E-state index contributed by atoms with van der Waals surface area (Å²) in [7, 11) is 0. The number of fused-ring (bicyclic) bond motifs is 6. The van der Waals surface area contributed by atoms with Crippen molar-refractivity contribution in [1.29, 1.82) is 0 Å². The highest BCUT2D eigenvalue weighted by molar-refractivity contribution is 7.99. The van der Waals surface area contributed by atoms with Gasteiger partial charge in [0.05, 0.1) is 0 Å². The van der Waals surface area contributed by atoms with Crippen LogP contribution in [0.25, 0.3) is 87.6 Å². The van der Waals surface area contributed by atoms with Crippen LogP contribution in [-0.2, 0) is 0 Å². The second-order valence-electron chi connectivity index (χ2n) is 12.4. The molecule has 0 aromatic heterocycles. The van der Waals surface area contributed by atoms with Crippen LogP contribution in [-0.4, -0.2) is 0 Å². The molecule has 1 aliphatic rings. The maximum absolute atomic E-state index is 2.39. The minimum absolute atomic E-state index is 1.24. The van der Waals surface area contributed by atoms with Crippen molar-refractivity contribution in [2.24, 2.45) is 0 Å². The molecule has 9 aromatic carbocycles. The zero-order chi connectivity index (χ0) is 30.9. The third-order valence-corrected chi connectivity index (χ3v) is 11.0. The molecular formula is C46H28S. The second-order valence-corrected chi connectivity index (χ2v) is 13.4. The predicted molar refractivity (Wildman–Crippen MR) is 202 cm³/mol. The van der Waals surface area contributed by atoms with Gasteiger partial charge in [0.15, 0.2) is 0 Å². The van der Waals surface area contributed by atoms with Gasteiger partial charge in [0.25, 0.3) is 0 Å². The molecule has 0 bridgehead atoms. The molecular weight excluding hydrogens is 585 g/mol. The molecule has 9 aromatic rings. The van der Waals surface area contributed by atoms with E-state index in [2.05, 4.69) is 170 Å². The number of rotatable bonds is 3. The Morgan fingerprint density at radius 1 is 0.255 bits per heavy atom. The van der Waals surface area contributed by atoms with Crippen molar-refractivity contribution >= 4 is 54.9 Å².